The van der Waals surface area contributed by atoms with E-state index in [1.54, 1.807) is 7.11 Å². The Bertz CT molecular complexity index is 350. The quantitative estimate of drug-likeness (QED) is 0.766. The van der Waals surface area contributed by atoms with Crippen LogP contribution in [0.5, 0.6) is 5.75 Å². The molecule has 0 bridgehead atoms. The van der Waals surface area contributed by atoms with Gasteiger partial charge in [0, 0.05) is 0 Å². The minimum atomic E-state index is -0.228. The van der Waals surface area contributed by atoms with E-state index in [-0.39, 0.29) is 5.91 Å². The van der Waals surface area contributed by atoms with E-state index in [1.165, 1.54) is 6.08 Å². The highest BCUT2D eigenvalue weighted by Gasteiger charge is 2.08. The van der Waals surface area contributed by atoms with Gasteiger partial charge in [-0.1, -0.05) is 25.6 Å². The molecule has 15 heavy (non-hydrogen) atoms. The van der Waals surface area contributed by atoms with Gasteiger partial charge >= 0.3 is 0 Å². The zero-order chi connectivity index (χ0) is 11.3. The summed E-state index contributed by atoms with van der Waals surface area (Å²) in [5, 5.41) is 2.75. The van der Waals surface area contributed by atoms with Crippen molar-refractivity contribution in [1.82, 2.24) is 0 Å². The summed E-state index contributed by atoms with van der Waals surface area (Å²) in [6.07, 6.45) is 2.08. The molecule has 3 heteroatoms. The Balaban J connectivity index is 3.10. The van der Waals surface area contributed by atoms with Crippen LogP contribution in [-0.4, -0.2) is 13.0 Å². The van der Waals surface area contributed by atoms with Crippen molar-refractivity contribution < 1.29 is 9.53 Å². The maximum Gasteiger partial charge on any atom is 0.247 e. The molecule has 0 aliphatic carbocycles. The predicted octanol–water partition coefficient (Wildman–Crippen LogP) is 2.38. The zero-order valence-electron chi connectivity index (χ0n) is 9.04. The van der Waals surface area contributed by atoms with Gasteiger partial charge in [-0.3, -0.25) is 4.79 Å². The fourth-order valence-electron chi connectivity index (χ4n) is 1.36. The van der Waals surface area contributed by atoms with Crippen molar-refractivity contribution in [3.05, 3.63) is 36.4 Å². The summed E-state index contributed by atoms with van der Waals surface area (Å²) >= 11 is 0. The molecule has 0 aromatic heterocycles. The van der Waals surface area contributed by atoms with Crippen LogP contribution in [0.2, 0.25) is 0 Å². The number of amides is 1. The first-order valence-corrected chi connectivity index (χ1v) is 4.82. The van der Waals surface area contributed by atoms with Crippen molar-refractivity contribution in [2.75, 3.05) is 12.4 Å². The number of nitrogens with one attached hydrogen (secondary N) is 1. The van der Waals surface area contributed by atoms with Crippen LogP contribution in [-0.2, 0) is 11.2 Å². The average molecular weight is 205 g/mol. The molecule has 0 aliphatic heterocycles. The molecule has 0 saturated carbocycles. The highest BCUT2D eigenvalue weighted by Crippen LogP contribution is 2.28. The molecule has 3 nitrogen and oxygen atoms in total. The van der Waals surface area contributed by atoms with Crippen LogP contribution >= 0.6 is 0 Å². The van der Waals surface area contributed by atoms with E-state index >= 15 is 0 Å². The van der Waals surface area contributed by atoms with Gasteiger partial charge in [-0.15, -0.1) is 0 Å². The van der Waals surface area contributed by atoms with Crippen molar-refractivity contribution in [2.45, 2.75) is 13.3 Å². The Kier molecular flexibility index (Phi) is 3.92. The lowest BCUT2D eigenvalue weighted by Gasteiger charge is -2.12. The van der Waals surface area contributed by atoms with Crippen LogP contribution in [0.15, 0.2) is 30.9 Å². The third-order valence-electron chi connectivity index (χ3n) is 2.15. The fraction of sp³-hybridized carbons (Fsp3) is 0.250. The van der Waals surface area contributed by atoms with E-state index in [0.717, 1.165) is 17.7 Å². The van der Waals surface area contributed by atoms with Crippen molar-refractivity contribution in [3.63, 3.8) is 0 Å². The summed E-state index contributed by atoms with van der Waals surface area (Å²) < 4.78 is 5.18. The number of anilines is 1. The standard InChI is InChI=1S/C12H15NO2/c1-4-9-7-6-8-10(15-3)12(9)13-11(14)5-2/h5-8H,2,4H2,1,3H3,(H,13,14). The Labute approximate surface area is 89.8 Å². The van der Waals surface area contributed by atoms with Crippen LogP contribution in [0, 0.1) is 0 Å². The van der Waals surface area contributed by atoms with Gasteiger partial charge in [0.25, 0.3) is 0 Å². The maximum atomic E-state index is 11.2. The van der Waals surface area contributed by atoms with Gasteiger partial charge in [0.1, 0.15) is 5.75 Å². The number of carbonyl (C=O) groups is 1. The molecule has 0 radical (unpaired) electrons. The van der Waals surface area contributed by atoms with Crippen LogP contribution in [0.4, 0.5) is 5.69 Å². The topological polar surface area (TPSA) is 38.3 Å². The molecule has 0 aliphatic rings. The molecule has 1 aromatic carbocycles. The number of rotatable bonds is 4. The highest BCUT2D eigenvalue weighted by atomic mass is 16.5. The van der Waals surface area contributed by atoms with Crippen LogP contribution in [0.25, 0.3) is 0 Å². The van der Waals surface area contributed by atoms with E-state index in [4.69, 9.17) is 4.74 Å². The van der Waals surface area contributed by atoms with Gasteiger partial charge in [0.2, 0.25) is 5.91 Å². The molecular weight excluding hydrogens is 190 g/mol. The Morgan fingerprint density at radius 3 is 2.87 bits per heavy atom. The summed E-state index contributed by atoms with van der Waals surface area (Å²) in [5.74, 6) is 0.443. The summed E-state index contributed by atoms with van der Waals surface area (Å²) in [6, 6.07) is 5.68. The SMILES string of the molecule is C=CC(=O)Nc1c(CC)cccc1OC. The molecule has 1 amide bonds. The Hall–Kier alpha value is -1.77. The predicted molar refractivity (Wildman–Crippen MR) is 61.2 cm³/mol. The van der Waals surface area contributed by atoms with E-state index in [1.807, 2.05) is 25.1 Å². The summed E-state index contributed by atoms with van der Waals surface area (Å²) in [4.78, 5) is 11.2. The zero-order valence-corrected chi connectivity index (χ0v) is 9.04. The average Bonchev–Trinajstić information content (AvgIpc) is 2.29. The largest absolute Gasteiger partial charge is 0.495 e. The van der Waals surface area contributed by atoms with Gasteiger partial charge in [-0.05, 0) is 24.1 Å². The number of hydrogen-bond donors (Lipinski definition) is 1. The minimum absolute atomic E-state index is 0.228. The molecule has 0 atom stereocenters. The van der Waals surface area contributed by atoms with Crippen LogP contribution in [0.1, 0.15) is 12.5 Å². The lowest BCUT2D eigenvalue weighted by atomic mass is 10.1. The first kappa shape index (κ1) is 11.3. The van der Waals surface area contributed by atoms with Crippen molar-refractivity contribution >= 4 is 11.6 Å². The van der Waals surface area contributed by atoms with E-state index < -0.39 is 0 Å². The number of para-hydroxylation sites is 1. The highest BCUT2D eigenvalue weighted by molar-refractivity contribution is 6.00. The molecule has 1 rings (SSSR count). The smallest absolute Gasteiger partial charge is 0.247 e. The lowest BCUT2D eigenvalue weighted by molar-refractivity contribution is -0.111. The molecular formula is C12H15NO2. The molecule has 0 saturated heterocycles. The normalized spacial score (nSPS) is 9.47. The van der Waals surface area contributed by atoms with Crippen LogP contribution < -0.4 is 10.1 Å². The number of ether oxygens (including phenoxy) is 1. The molecule has 0 fully saturated rings. The Morgan fingerprint density at radius 1 is 1.60 bits per heavy atom. The second kappa shape index (κ2) is 5.20. The molecule has 0 heterocycles. The second-order valence-electron chi connectivity index (χ2n) is 3.04. The van der Waals surface area contributed by atoms with Crippen molar-refractivity contribution in [3.8, 4) is 5.75 Å². The van der Waals surface area contributed by atoms with E-state index in [9.17, 15) is 4.79 Å². The van der Waals surface area contributed by atoms with Gasteiger partial charge in [-0.2, -0.15) is 0 Å². The first-order chi connectivity index (χ1) is 7.22. The fourth-order valence-corrected chi connectivity index (χ4v) is 1.36. The summed E-state index contributed by atoms with van der Waals surface area (Å²) in [6.45, 7) is 5.44. The van der Waals surface area contributed by atoms with Crippen molar-refractivity contribution in [1.29, 1.82) is 0 Å². The second-order valence-corrected chi connectivity index (χ2v) is 3.04. The first-order valence-electron chi connectivity index (χ1n) is 4.82. The van der Waals surface area contributed by atoms with Crippen molar-refractivity contribution in [2.24, 2.45) is 0 Å². The molecule has 0 unspecified atom stereocenters. The number of hydrogen-bond acceptors (Lipinski definition) is 2. The third kappa shape index (κ3) is 2.59. The van der Waals surface area contributed by atoms with Gasteiger partial charge in [0.15, 0.2) is 0 Å². The van der Waals surface area contributed by atoms with Gasteiger partial charge < -0.3 is 10.1 Å². The maximum absolute atomic E-state index is 11.2. The van der Waals surface area contributed by atoms with Gasteiger partial charge in [-0.25, -0.2) is 0 Å². The summed E-state index contributed by atoms with van der Waals surface area (Å²) in [7, 11) is 1.58. The number of benzene rings is 1. The van der Waals surface area contributed by atoms with Crippen LogP contribution in [0.3, 0.4) is 0 Å². The molecule has 1 N–H and O–H groups in total. The lowest BCUT2D eigenvalue weighted by Crippen LogP contribution is -2.10. The third-order valence-corrected chi connectivity index (χ3v) is 2.15. The van der Waals surface area contributed by atoms with E-state index in [0.29, 0.717) is 5.75 Å². The Morgan fingerprint density at radius 2 is 2.33 bits per heavy atom. The molecule has 80 valence electrons. The number of methoxy groups -OCH3 is 1. The summed E-state index contributed by atoms with van der Waals surface area (Å²) in [5.41, 5.74) is 1.77. The monoisotopic (exact) mass is 205 g/mol. The van der Waals surface area contributed by atoms with E-state index in [2.05, 4.69) is 11.9 Å². The number of carbonyl (C=O) groups excluding carboxylic acids is 1. The minimum Gasteiger partial charge on any atom is -0.495 e. The molecule has 1 aromatic rings. The van der Waals surface area contributed by atoms with Gasteiger partial charge in [0.05, 0.1) is 12.8 Å². The number of aryl methyl sites for hydroxylation is 1. The molecule has 0 spiro atoms.